The molecule has 6 atom stereocenters. The molecule has 0 radical (unpaired) electrons. The summed E-state index contributed by atoms with van der Waals surface area (Å²) in [5, 5.41) is 17.2. The van der Waals surface area contributed by atoms with Gasteiger partial charge in [0.15, 0.2) is 0 Å². The fourth-order valence-electron chi connectivity index (χ4n) is 3.84. The second-order valence-electron chi connectivity index (χ2n) is 5.35. The van der Waals surface area contributed by atoms with Gasteiger partial charge in [-0.2, -0.15) is 0 Å². The summed E-state index contributed by atoms with van der Waals surface area (Å²) in [6.45, 7) is 0. The van der Waals surface area contributed by atoms with Gasteiger partial charge in [-0.3, -0.25) is 15.0 Å². The summed E-state index contributed by atoms with van der Waals surface area (Å²) < 4.78 is 6.50. The van der Waals surface area contributed by atoms with Gasteiger partial charge in [0.05, 0.1) is 17.9 Å². The fraction of sp³-hybridized carbons (Fsp3) is 0.636. The van der Waals surface area contributed by atoms with Crippen LogP contribution in [-0.4, -0.2) is 44.1 Å². The number of aliphatic hydroxyl groups excluding tert-OH is 1. The van der Waals surface area contributed by atoms with E-state index < -0.39 is 24.0 Å². The largest absolute Gasteiger partial charge is 0.459 e. The van der Waals surface area contributed by atoms with Crippen molar-refractivity contribution in [3.05, 3.63) is 12.7 Å². The number of fused-ring (bicyclic) bond motifs is 1. The minimum Gasteiger partial charge on any atom is -0.459 e. The zero-order chi connectivity index (χ0) is 13.1. The van der Waals surface area contributed by atoms with Crippen LogP contribution in [0, 0.1) is 23.7 Å². The summed E-state index contributed by atoms with van der Waals surface area (Å²) in [6, 6.07) is 0. The molecule has 1 aliphatic heterocycles. The molecule has 2 aliphatic carbocycles. The van der Waals surface area contributed by atoms with E-state index in [1.807, 2.05) is 0 Å². The molecule has 8 heteroatoms. The van der Waals surface area contributed by atoms with Crippen molar-refractivity contribution >= 4 is 11.9 Å². The average Bonchev–Trinajstić information content (AvgIpc) is 3.07. The Morgan fingerprint density at radius 1 is 1.42 bits per heavy atom. The summed E-state index contributed by atoms with van der Waals surface area (Å²) in [5.74, 6) is -1.85. The Kier molecular flexibility index (Phi) is 2.03. The van der Waals surface area contributed by atoms with Crippen molar-refractivity contribution in [2.75, 3.05) is 5.43 Å². The van der Waals surface area contributed by atoms with E-state index in [9.17, 15) is 14.7 Å². The van der Waals surface area contributed by atoms with Crippen LogP contribution in [0.25, 0.3) is 0 Å². The highest BCUT2D eigenvalue weighted by atomic mass is 16.6. The number of nitrogens with one attached hydrogen (secondary N) is 1. The van der Waals surface area contributed by atoms with Gasteiger partial charge in [0.1, 0.15) is 18.8 Å². The van der Waals surface area contributed by atoms with Gasteiger partial charge in [-0.15, -0.1) is 10.2 Å². The van der Waals surface area contributed by atoms with Crippen molar-refractivity contribution < 1.29 is 19.4 Å². The average molecular weight is 264 g/mol. The highest BCUT2D eigenvalue weighted by Crippen LogP contribution is 2.57. The van der Waals surface area contributed by atoms with Crippen LogP contribution in [0.3, 0.4) is 0 Å². The van der Waals surface area contributed by atoms with Gasteiger partial charge in [0.25, 0.3) is 0 Å². The van der Waals surface area contributed by atoms with Gasteiger partial charge in [0.2, 0.25) is 5.91 Å². The van der Waals surface area contributed by atoms with Crippen molar-refractivity contribution in [3.8, 4) is 0 Å². The summed E-state index contributed by atoms with van der Waals surface area (Å²) in [7, 11) is 0. The first kappa shape index (κ1) is 10.9. The quantitative estimate of drug-likeness (QED) is 0.631. The molecule has 4 rings (SSSR count). The van der Waals surface area contributed by atoms with E-state index >= 15 is 0 Å². The first-order chi connectivity index (χ1) is 9.16. The van der Waals surface area contributed by atoms with E-state index in [1.54, 1.807) is 0 Å². The maximum atomic E-state index is 12.3. The van der Waals surface area contributed by atoms with Crippen molar-refractivity contribution in [2.45, 2.75) is 18.6 Å². The van der Waals surface area contributed by atoms with Crippen LogP contribution >= 0.6 is 0 Å². The number of ether oxygens (including phenoxy) is 1. The molecular weight excluding hydrogens is 252 g/mol. The standard InChI is InChI=1S/C11H12N4O4/c16-8-4-1-5-7(11(18)19-9(5)8)6(4)10(17)14-15-2-12-13-3-15/h2-9,16H,1H2,(H,14,17)/t4-,5-,6-,7+,8-,9+/m1/s1. The minimum absolute atomic E-state index is 0.0239. The SMILES string of the molecule is O=C(Nn1cnnc1)[C@@H]1[C@H]2C[C@H]3[C@H](OC(=O)[C@@H]31)[C@@H]2O. The summed E-state index contributed by atoms with van der Waals surface area (Å²) in [4.78, 5) is 24.1. The maximum absolute atomic E-state index is 12.3. The van der Waals surface area contributed by atoms with Crippen molar-refractivity contribution in [2.24, 2.45) is 23.7 Å². The van der Waals surface area contributed by atoms with Gasteiger partial charge in [-0.05, 0) is 6.42 Å². The number of hydrogen-bond donors (Lipinski definition) is 2. The minimum atomic E-state index is -0.732. The van der Waals surface area contributed by atoms with Gasteiger partial charge >= 0.3 is 5.97 Å². The van der Waals surface area contributed by atoms with Gasteiger partial charge in [-0.1, -0.05) is 0 Å². The Morgan fingerprint density at radius 3 is 2.89 bits per heavy atom. The van der Waals surface area contributed by atoms with Gasteiger partial charge in [-0.25, -0.2) is 4.68 Å². The molecule has 1 amide bonds. The lowest BCUT2D eigenvalue weighted by Gasteiger charge is -2.27. The molecule has 2 saturated carbocycles. The van der Waals surface area contributed by atoms with Crippen LogP contribution in [0.5, 0.6) is 0 Å². The first-order valence-electron chi connectivity index (χ1n) is 6.21. The normalized spacial score (nSPS) is 42.5. The molecule has 2 N–H and O–H groups in total. The Balaban J connectivity index is 1.61. The number of carbonyl (C=O) groups is 2. The van der Waals surface area contributed by atoms with E-state index in [1.165, 1.54) is 17.3 Å². The van der Waals surface area contributed by atoms with E-state index in [2.05, 4.69) is 15.6 Å². The predicted molar refractivity (Wildman–Crippen MR) is 58.9 cm³/mol. The summed E-state index contributed by atoms with van der Waals surface area (Å²) >= 11 is 0. The topological polar surface area (TPSA) is 106 Å². The van der Waals surface area contributed by atoms with Gasteiger partial charge < -0.3 is 9.84 Å². The van der Waals surface area contributed by atoms with Crippen LogP contribution < -0.4 is 5.43 Å². The molecule has 0 spiro atoms. The number of aliphatic hydroxyl groups is 1. The van der Waals surface area contributed by atoms with Crippen molar-refractivity contribution in [1.82, 2.24) is 14.9 Å². The summed E-state index contributed by atoms with van der Waals surface area (Å²) in [6.07, 6.45) is 2.24. The highest BCUT2D eigenvalue weighted by Gasteiger charge is 2.68. The van der Waals surface area contributed by atoms with E-state index in [0.29, 0.717) is 6.42 Å². The Bertz CT molecular complexity index is 545. The Labute approximate surface area is 107 Å². The molecule has 8 nitrogen and oxygen atoms in total. The summed E-state index contributed by atoms with van der Waals surface area (Å²) in [5.41, 5.74) is 2.61. The lowest BCUT2D eigenvalue weighted by atomic mass is 9.78. The number of rotatable bonds is 2. The second-order valence-corrected chi connectivity index (χ2v) is 5.35. The van der Waals surface area contributed by atoms with Crippen LogP contribution in [0.1, 0.15) is 6.42 Å². The van der Waals surface area contributed by atoms with Crippen LogP contribution in [0.15, 0.2) is 12.7 Å². The third kappa shape index (κ3) is 1.31. The molecule has 0 aromatic carbocycles. The lowest BCUT2D eigenvalue weighted by molar-refractivity contribution is -0.146. The molecule has 3 aliphatic rings. The number of esters is 1. The third-order valence-corrected chi connectivity index (χ3v) is 4.54. The van der Waals surface area contributed by atoms with E-state index in [0.717, 1.165) is 0 Å². The van der Waals surface area contributed by atoms with Crippen molar-refractivity contribution in [3.63, 3.8) is 0 Å². The third-order valence-electron chi connectivity index (χ3n) is 4.54. The Hall–Kier alpha value is -1.96. The number of hydrogen-bond acceptors (Lipinski definition) is 6. The molecule has 3 fully saturated rings. The predicted octanol–water partition coefficient (Wildman–Crippen LogP) is -1.48. The van der Waals surface area contributed by atoms with E-state index in [-0.39, 0.29) is 23.7 Å². The monoisotopic (exact) mass is 264 g/mol. The fourth-order valence-corrected chi connectivity index (χ4v) is 3.84. The molecule has 100 valence electrons. The van der Waals surface area contributed by atoms with E-state index in [4.69, 9.17) is 4.74 Å². The molecular formula is C11H12N4O4. The zero-order valence-electron chi connectivity index (χ0n) is 9.84. The van der Waals surface area contributed by atoms with Crippen LogP contribution in [0.4, 0.5) is 0 Å². The highest BCUT2D eigenvalue weighted by molar-refractivity contribution is 5.92. The van der Waals surface area contributed by atoms with Gasteiger partial charge in [0, 0.05) is 11.8 Å². The molecule has 2 heterocycles. The first-order valence-corrected chi connectivity index (χ1v) is 6.21. The maximum Gasteiger partial charge on any atom is 0.310 e. The van der Waals surface area contributed by atoms with Crippen LogP contribution in [0.2, 0.25) is 0 Å². The zero-order valence-corrected chi connectivity index (χ0v) is 9.84. The number of amides is 1. The molecule has 1 aromatic heterocycles. The molecule has 0 unspecified atom stereocenters. The molecule has 2 bridgehead atoms. The molecule has 1 saturated heterocycles. The van der Waals surface area contributed by atoms with Crippen molar-refractivity contribution in [1.29, 1.82) is 0 Å². The molecule has 1 aromatic rings. The van der Waals surface area contributed by atoms with Crippen LogP contribution in [-0.2, 0) is 14.3 Å². The Morgan fingerprint density at radius 2 is 2.16 bits per heavy atom. The number of aromatic nitrogens is 3. The smallest absolute Gasteiger partial charge is 0.310 e. The molecule has 19 heavy (non-hydrogen) atoms. The second kappa shape index (κ2) is 3.53. The lowest BCUT2D eigenvalue weighted by Crippen LogP contribution is -2.44. The number of carbonyl (C=O) groups excluding carboxylic acids is 2. The number of nitrogens with zero attached hydrogens (tertiary/aromatic N) is 3.